The average molecular weight is 487 g/mol. The standard InChI is InChI=1S/C31H38N2O3/c1-22-15-16-23(2)26(17-22)20-29(34)33(21-25-13-10-14-27(18-25)36-6)28(30(35)32-31(3,4)5)19-24-11-8-7-9-12-24/h7-18,28H,19-21H2,1-6H3,(H,32,35)/t28-/m1/s1. The minimum atomic E-state index is -0.671. The second-order valence-electron chi connectivity index (χ2n) is 10.4. The molecule has 0 aliphatic heterocycles. The van der Waals surface area contributed by atoms with Crippen LogP contribution in [0.5, 0.6) is 5.75 Å². The van der Waals surface area contributed by atoms with Crippen molar-refractivity contribution in [2.45, 2.75) is 65.6 Å². The van der Waals surface area contributed by atoms with E-state index in [1.165, 1.54) is 0 Å². The molecule has 190 valence electrons. The molecule has 36 heavy (non-hydrogen) atoms. The Morgan fingerprint density at radius 1 is 0.917 bits per heavy atom. The Kier molecular flexibility index (Phi) is 8.92. The van der Waals surface area contributed by atoms with E-state index in [9.17, 15) is 9.59 Å². The van der Waals surface area contributed by atoms with Crippen LogP contribution >= 0.6 is 0 Å². The van der Waals surface area contributed by atoms with Crippen LogP contribution in [0.15, 0.2) is 72.8 Å². The van der Waals surface area contributed by atoms with Crippen molar-refractivity contribution in [3.05, 3.63) is 101 Å². The van der Waals surface area contributed by atoms with Crippen LogP contribution in [0, 0.1) is 13.8 Å². The molecule has 0 saturated carbocycles. The molecule has 0 unspecified atom stereocenters. The van der Waals surface area contributed by atoms with Gasteiger partial charge in [0, 0.05) is 18.5 Å². The molecule has 0 aliphatic rings. The van der Waals surface area contributed by atoms with E-state index in [1.54, 1.807) is 12.0 Å². The predicted octanol–water partition coefficient (Wildman–Crippen LogP) is 5.41. The molecule has 3 aromatic rings. The van der Waals surface area contributed by atoms with Crippen molar-refractivity contribution >= 4 is 11.8 Å². The van der Waals surface area contributed by atoms with Crippen molar-refractivity contribution in [1.29, 1.82) is 0 Å². The number of aryl methyl sites for hydroxylation is 2. The van der Waals surface area contributed by atoms with Crippen LogP contribution in [-0.2, 0) is 29.0 Å². The fraction of sp³-hybridized carbons (Fsp3) is 0.355. The van der Waals surface area contributed by atoms with E-state index in [2.05, 4.69) is 11.4 Å². The maximum atomic E-state index is 14.0. The quantitative estimate of drug-likeness (QED) is 0.440. The molecule has 1 atom stereocenters. The topological polar surface area (TPSA) is 58.6 Å². The number of amides is 2. The number of nitrogens with zero attached hydrogens (tertiary/aromatic N) is 1. The van der Waals surface area contributed by atoms with Crippen molar-refractivity contribution in [3.8, 4) is 5.75 Å². The van der Waals surface area contributed by atoms with Gasteiger partial charge in [0.2, 0.25) is 11.8 Å². The van der Waals surface area contributed by atoms with Gasteiger partial charge in [-0.05, 0) is 69.0 Å². The van der Waals surface area contributed by atoms with Crippen LogP contribution in [0.3, 0.4) is 0 Å². The molecule has 0 aromatic heterocycles. The van der Waals surface area contributed by atoms with E-state index >= 15 is 0 Å². The lowest BCUT2D eigenvalue weighted by Gasteiger charge is -2.34. The van der Waals surface area contributed by atoms with Crippen molar-refractivity contribution in [2.24, 2.45) is 0 Å². The van der Waals surface area contributed by atoms with Gasteiger partial charge in [0.25, 0.3) is 0 Å². The third-order valence-corrected chi connectivity index (χ3v) is 6.10. The van der Waals surface area contributed by atoms with Crippen molar-refractivity contribution in [3.63, 3.8) is 0 Å². The van der Waals surface area contributed by atoms with Crippen LogP contribution in [-0.4, -0.2) is 35.4 Å². The molecule has 5 heteroatoms. The molecule has 0 fully saturated rings. The first-order chi connectivity index (χ1) is 17.1. The van der Waals surface area contributed by atoms with Crippen molar-refractivity contribution in [2.75, 3.05) is 7.11 Å². The molecule has 5 nitrogen and oxygen atoms in total. The zero-order valence-corrected chi connectivity index (χ0v) is 22.3. The monoisotopic (exact) mass is 486 g/mol. The molecule has 0 saturated heterocycles. The summed E-state index contributed by atoms with van der Waals surface area (Å²) in [4.78, 5) is 29.3. The average Bonchev–Trinajstić information content (AvgIpc) is 2.83. The lowest BCUT2D eigenvalue weighted by atomic mass is 9.98. The summed E-state index contributed by atoms with van der Waals surface area (Å²) < 4.78 is 5.41. The smallest absolute Gasteiger partial charge is 0.243 e. The van der Waals surface area contributed by atoms with Crippen LogP contribution in [0.1, 0.15) is 48.6 Å². The molecular formula is C31H38N2O3. The van der Waals surface area contributed by atoms with Gasteiger partial charge < -0.3 is 15.0 Å². The van der Waals surface area contributed by atoms with Crippen LogP contribution in [0.25, 0.3) is 0 Å². The van der Waals surface area contributed by atoms with Gasteiger partial charge in [-0.25, -0.2) is 0 Å². The van der Waals surface area contributed by atoms with Gasteiger partial charge in [-0.2, -0.15) is 0 Å². The molecule has 3 aromatic carbocycles. The molecule has 0 aliphatic carbocycles. The van der Waals surface area contributed by atoms with Gasteiger partial charge in [-0.15, -0.1) is 0 Å². The summed E-state index contributed by atoms with van der Waals surface area (Å²) in [5, 5.41) is 3.11. The first-order valence-electron chi connectivity index (χ1n) is 12.4. The number of rotatable bonds is 9. The number of ether oxygens (including phenoxy) is 1. The van der Waals surface area contributed by atoms with E-state index in [0.29, 0.717) is 18.7 Å². The Morgan fingerprint density at radius 2 is 1.61 bits per heavy atom. The summed E-state index contributed by atoms with van der Waals surface area (Å²) in [5.74, 6) is 0.466. The molecule has 1 N–H and O–H groups in total. The largest absolute Gasteiger partial charge is 0.497 e. The second-order valence-corrected chi connectivity index (χ2v) is 10.4. The number of nitrogens with one attached hydrogen (secondary N) is 1. The lowest BCUT2D eigenvalue weighted by molar-refractivity contribution is -0.141. The Balaban J connectivity index is 2.03. The lowest BCUT2D eigenvalue weighted by Crippen LogP contribution is -2.54. The van der Waals surface area contributed by atoms with Crippen molar-refractivity contribution < 1.29 is 14.3 Å². The summed E-state index contributed by atoms with van der Waals surface area (Å²) in [6.45, 7) is 10.2. The van der Waals surface area contributed by atoms with E-state index < -0.39 is 11.6 Å². The maximum absolute atomic E-state index is 14.0. The highest BCUT2D eigenvalue weighted by molar-refractivity contribution is 5.89. The van der Waals surface area contributed by atoms with Crippen LogP contribution in [0.4, 0.5) is 0 Å². The minimum absolute atomic E-state index is 0.0866. The fourth-order valence-corrected chi connectivity index (χ4v) is 4.23. The van der Waals surface area contributed by atoms with Crippen LogP contribution in [0.2, 0.25) is 0 Å². The number of hydrogen-bond acceptors (Lipinski definition) is 3. The normalized spacial score (nSPS) is 12.1. The summed E-state index contributed by atoms with van der Waals surface area (Å²) >= 11 is 0. The van der Waals surface area contributed by atoms with Gasteiger partial charge >= 0.3 is 0 Å². The van der Waals surface area contributed by atoms with Gasteiger partial charge in [0.15, 0.2) is 0 Å². The SMILES string of the molecule is COc1cccc(CN(C(=O)Cc2cc(C)ccc2C)[C@H](Cc2ccccc2)C(=O)NC(C)(C)C)c1. The number of hydrogen-bond donors (Lipinski definition) is 1. The zero-order valence-electron chi connectivity index (χ0n) is 22.3. The Morgan fingerprint density at radius 3 is 2.28 bits per heavy atom. The van der Waals surface area contributed by atoms with E-state index in [0.717, 1.165) is 27.8 Å². The minimum Gasteiger partial charge on any atom is -0.497 e. The third-order valence-electron chi connectivity index (χ3n) is 6.10. The number of benzene rings is 3. The molecule has 3 rings (SSSR count). The highest BCUT2D eigenvalue weighted by atomic mass is 16.5. The van der Waals surface area contributed by atoms with E-state index in [1.807, 2.05) is 101 Å². The number of carbonyl (C=O) groups is 2. The highest BCUT2D eigenvalue weighted by Crippen LogP contribution is 2.21. The summed E-state index contributed by atoms with van der Waals surface area (Å²) in [6, 6.07) is 23.0. The zero-order chi connectivity index (χ0) is 26.3. The number of methoxy groups -OCH3 is 1. The predicted molar refractivity (Wildman–Crippen MR) is 145 cm³/mol. The first-order valence-corrected chi connectivity index (χ1v) is 12.4. The molecule has 0 heterocycles. The first kappa shape index (κ1) is 27.0. The van der Waals surface area contributed by atoms with E-state index in [4.69, 9.17) is 4.74 Å². The molecule has 0 spiro atoms. The maximum Gasteiger partial charge on any atom is 0.243 e. The highest BCUT2D eigenvalue weighted by Gasteiger charge is 2.32. The van der Waals surface area contributed by atoms with Crippen LogP contribution < -0.4 is 10.1 Å². The Hall–Kier alpha value is -3.60. The summed E-state index contributed by atoms with van der Waals surface area (Å²) in [7, 11) is 1.62. The molecule has 2 amide bonds. The van der Waals surface area contributed by atoms with E-state index in [-0.39, 0.29) is 18.2 Å². The van der Waals surface area contributed by atoms with Gasteiger partial charge in [-0.3, -0.25) is 9.59 Å². The summed E-state index contributed by atoms with van der Waals surface area (Å²) in [5.41, 5.74) is 4.63. The van der Waals surface area contributed by atoms with Gasteiger partial charge in [0.1, 0.15) is 11.8 Å². The molecular weight excluding hydrogens is 448 g/mol. The molecule has 0 radical (unpaired) electrons. The fourth-order valence-electron chi connectivity index (χ4n) is 4.23. The van der Waals surface area contributed by atoms with Gasteiger partial charge in [0.05, 0.1) is 13.5 Å². The number of carbonyl (C=O) groups excluding carboxylic acids is 2. The Labute approximate surface area is 215 Å². The third kappa shape index (κ3) is 7.70. The Bertz CT molecular complexity index is 1180. The second kappa shape index (κ2) is 11.9. The summed E-state index contributed by atoms with van der Waals surface area (Å²) in [6.07, 6.45) is 0.650. The molecule has 0 bridgehead atoms. The van der Waals surface area contributed by atoms with Crippen molar-refractivity contribution in [1.82, 2.24) is 10.2 Å². The van der Waals surface area contributed by atoms with Gasteiger partial charge in [-0.1, -0.05) is 66.2 Å².